The fraction of sp³-hybridized carbons (Fsp3) is 0.167. The normalized spacial score (nSPS) is 11.4. The number of hydrogen-bond acceptors (Lipinski definition) is 5. The van der Waals surface area contributed by atoms with Gasteiger partial charge in [-0.2, -0.15) is 0 Å². The Kier molecular flexibility index (Phi) is 6.21. The number of allylic oxidation sites excluding steroid dienone is 1. The second-order valence-corrected chi connectivity index (χ2v) is 6.56. The van der Waals surface area contributed by atoms with Crippen molar-refractivity contribution in [1.29, 1.82) is 0 Å². The molecule has 0 spiro atoms. The van der Waals surface area contributed by atoms with E-state index >= 15 is 0 Å². The zero-order valence-electron chi connectivity index (χ0n) is 14.5. The molecule has 0 unspecified atom stereocenters. The first-order chi connectivity index (χ1) is 12.2. The molecule has 0 aliphatic rings. The Morgan fingerprint density at radius 1 is 1.04 bits per heavy atom. The molecule has 2 N–H and O–H groups in total. The molecule has 7 nitrogen and oxygen atoms in total. The van der Waals surface area contributed by atoms with Gasteiger partial charge in [-0.05, 0) is 18.6 Å². The quantitative estimate of drug-likeness (QED) is 0.433. The molecule has 2 aromatic rings. The van der Waals surface area contributed by atoms with Crippen molar-refractivity contribution >= 4 is 19.7 Å². The highest BCUT2D eigenvalue weighted by molar-refractivity contribution is 7.46. The summed E-state index contributed by atoms with van der Waals surface area (Å²) in [5.74, 6) is -0.558. The molecule has 138 valence electrons. The number of rotatable bonds is 7. The lowest BCUT2D eigenvalue weighted by molar-refractivity contribution is 0.104. The first-order valence-electron chi connectivity index (χ1n) is 7.53. The van der Waals surface area contributed by atoms with Crippen LogP contribution >= 0.6 is 7.82 Å². The van der Waals surface area contributed by atoms with E-state index in [1.807, 2.05) is 31.2 Å². The molecule has 0 bridgehead atoms. The molecule has 0 aromatic heterocycles. The van der Waals surface area contributed by atoms with E-state index in [-0.39, 0.29) is 22.8 Å². The maximum atomic E-state index is 12.6. The van der Waals surface area contributed by atoms with Crippen molar-refractivity contribution < 1.29 is 33.1 Å². The Bertz CT molecular complexity index is 866. The van der Waals surface area contributed by atoms with Gasteiger partial charge in [-0.15, -0.1) is 0 Å². The number of hydrogen-bond donors (Lipinski definition) is 2. The van der Waals surface area contributed by atoms with Gasteiger partial charge in [0.05, 0.1) is 14.2 Å². The summed E-state index contributed by atoms with van der Waals surface area (Å²) in [6, 6.07) is 10.1. The van der Waals surface area contributed by atoms with Gasteiger partial charge < -0.3 is 14.0 Å². The number of methoxy groups -OCH3 is 2. The number of phosphoric acid groups is 1. The average Bonchev–Trinajstić information content (AvgIpc) is 2.58. The summed E-state index contributed by atoms with van der Waals surface area (Å²) < 4.78 is 26.1. The van der Waals surface area contributed by atoms with Crippen LogP contribution < -0.4 is 14.0 Å². The summed E-state index contributed by atoms with van der Waals surface area (Å²) in [7, 11) is -2.19. The Labute approximate surface area is 151 Å². The predicted octanol–water partition coefficient (Wildman–Crippen LogP) is 3.38. The predicted molar refractivity (Wildman–Crippen MR) is 96.8 cm³/mol. The van der Waals surface area contributed by atoms with E-state index < -0.39 is 13.6 Å². The van der Waals surface area contributed by atoms with Crippen molar-refractivity contribution in [2.75, 3.05) is 14.2 Å². The summed E-state index contributed by atoms with van der Waals surface area (Å²) >= 11 is 0. The second kappa shape index (κ2) is 8.19. The molecular weight excluding hydrogens is 359 g/mol. The zero-order chi connectivity index (χ0) is 19.3. The molecule has 0 atom stereocenters. The highest BCUT2D eigenvalue weighted by Crippen LogP contribution is 2.43. The summed E-state index contributed by atoms with van der Waals surface area (Å²) in [6.45, 7) is 1.95. The Hall–Kier alpha value is -2.60. The first kappa shape index (κ1) is 19.7. The van der Waals surface area contributed by atoms with Gasteiger partial charge in [0.2, 0.25) is 0 Å². The minimum atomic E-state index is -4.88. The highest BCUT2D eigenvalue weighted by atomic mass is 31.2. The van der Waals surface area contributed by atoms with Crippen LogP contribution in [0.2, 0.25) is 0 Å². The molecule has 0 saturated heterocycles. The highest BCUT2D eigenvalue weighted by Gasteiger charge is 2.25. The van der Waals surface area contributed by atoms with Gasteiger partial charge in [-0.25, -0.2) is 4.57 Å². The molecule has 2 aromatic carbocycles. The molecule has 0 saturated carbocycles. The van der Waals surface area contributed by atoms with Crippen LogP contribution in [0, 0.1) is 6.92 Å². The minimum Gasteiger partial charge on any atom is -0.496 e. The number of phosphoric ester groups is 1. The van der Waals surface area contributed by atoms with Crippen molar-refractivity contribution in [2.45, 2.75) is 6.92 Å². The molecule has 0 heterocycles. The van der Waals surface area contributed by atoms with Gasteiger partial charge in [-0.1, -0.05) is 35.9 Å². The Morgan fingerprint density at radius 2 is 1.65 bits per heavy atom. The molecule has 0 fully saturated rings. The fourth-order valence-corrected chi connectivity index (χ4v) is 2.62. The van der Waals surface area contributed by atoms with Crippen LogP contribution in [0.25, 0.3) is 6.08 Å². The molecule has 26 heavy (non-hydrogen) atoms. The third-order valence-electron chi connectivity index (χ3n) is 3.46. The fourth-order valence-electron chi connectivity index (χ4n) is 2.22. The molecule has 0 aliphatic heterocycles. The van der Waals surface area contributed by atoms with Crippen LogP contribution in [0.4, 0.5) is 0 Å². The monoisotopic (exact) mass is 378 g/mol. The lowest BCUT2D eigenvalue weighted by Gasteiger charge is -2.15. The first-order valence-corrected chi connectivity index (χ1v) is 9.07. The number of carbonyl (C=O) groups is 1. The lowest BCUT2D eigenvalue weighted by Crippen LogP contribution is -2.04. The van der Waals surface area contributed by atoms with Crippen LogP contribution in [-0.4, -0.2) is 29.8 Å². The van der Waals surface area contributed by atoms with Gasteiger partial charge in [0.15, 0.2) is 5.78 Å². The van der Waals surface area contributed by atoms with Crippen molar-refractivity contribution in [3.05, 3.63) is 59.2 Å². The van der Waals surface area contributed by atoms with Crippen LogP contribution in [0.3, 0.4) is 0 Å². The van der Waals surface area contributed by atoms with Gasteiger partial charge in [-0.3, -0.25) is 14.6 Å². The molecule has 0 radical (unpaired) electrons. The van der Waals surface area contributed by atoms with E-state index in [2.05, 4.69) is 4.52 Å². The summed E-state index contributed by atoms with van der Waals surface area (Å²) in [5.41, 5.74) is 1.77. The molecule has 0 aliphatic carbocycles. The summed E-state index contributed by atoms with van der Waals surface area (Å²) in [5, 5.41) is 0. The summed E-state index contributed by atoms with van der Waals surface area (Å²) in [4.78, 5) is 30.9. The van der Waals surface area contributed by atoms with Crippen LogP contribution in [0.5, 0.6) is 17.2 Å². The van der Waals surface area contributed by atoms with Crippen LogP contribution in [-0.2, 0) is 4.57 Å². The van der Waals surface area contributed by atoms with Crippen LogP contribution in [0.1, 0.15) is 21.5 Å². The largest absolute Gasteiger partial charge is 0.524 e. The van der Waals surface area contributed by atoms with Gasteiger partial charge in [0.25, 0.3) is 0 Å². The standard InChI is InChI=1S/C18H19O7P/c1-12-4-6-13(7-5-12)8-9-15(19)18-16(24-3)10-14(23-2)11-17(18)25-26(20,21)22/h4-11H,1-3H3,(H2,20,21,22). The topological polar surface area (TPSA) is 102 Å². The molecule has 0 amide bonds. The van der Waals surface area contributed by atoms with Crippen LogP contribution in [0.15, 0.2) is 42.5 Å². The third-order valence-corrected chi connectivity index (χ3v) is 3.90. The van der Waals surface area contributed by atoms with E-state index in [1.54, 1.807) is 6.08 Å². The number of carbonyl (C=O) groups excluding carboxylic acids is 1. The van der Waals surface area contributed by atoms with Crippen molar-refractivity contribution in [3.8, 4) is 17.2 Å². The smallest absolute Gasteiger partial charge is 0.496 e. The molecule has 2 rings (SSSR count). The Balaban J connectivity index is 2.46. The maximum Gasteiger partial charge on any atom is 0.524 e. The van der Waals surface area contributed by atoms with Gasteiger partial charge in [0, 0.05) is 12.1 Å². The van der Waals surface area contributed by atoms with E-state index in [0.717, 1.165) is 11.1 Å². The van der Waals surface area contributed by atoms with Gasteiger partial charge in [0.1, 0.15) is 22.8 Å². The lowest BCUT2D eigenvalue weighted by atomic mass is 10.1. The Morgan fingerprint density at radius 3 is 2.19 bits per heavy atom. The van der Waals surface area contributed by atoms with Crippen molar-refractivity contribution in [1.82, 2.24) is 0 Å². The maximum absolute atomic E-state index is 12.6. The van der Waals surface area contributed by atoms with Crippen molar-refractivity contribution in [3.63, 3.8) is 0 Å². The number of ether oxygens (including phenoxy) is 2. The minimum absolute atomic E-state index is 0.0753. The zero-order valence-corrected chi connectivity index (χ0v) is 15.4. The summed E-state index contributed by atoms with van der Waals surface area (Å²) in [6.07, 6.45) is 2.87. The molecular formula is C18H19O7P. The number of aryl methyl sites for hydroxylation is 1. The molecule has 8 heteroatoms. The van der Waals surface area contributed by atoms with Crippen molar-refractivity contribution in [2.24, 2.45) is 0 Å². The average molecular weight is 378 g/mol. The van der Waals surface area contributed by atoms with Gasteiger partial charge >= 0.3 is 7.82 Å². The second-order valence-electron chi connectivity index (χ2n) is 5.39. The van der Waals surface area contributed by atoms with E-state index in [1.165, 1.54) is 32.4 Å². The van der Waals surface area contributed by atoms with E-state index in [9.17, 15) is 9.36 Å². The number of ketones is 1. The van der Waals surface area contributed by atoms with E-state index in [0.29, 0.717) is 0 Å². The SMILES string of the molecule is COc1cc(OC)c(C(=O)C=Cc2ccc(C)cc2)c(OP(=O)(O)O)c1. The van der Waals surface area contributed by atoms with E-state index in [4.69, 9.17) is 19.3 Å². The third kappa shape index (κ3) is 5.20. The number of benzene rings is 2.